The molecule has 1 amide bonds. The monoisotopic (exact) mass is 292 g/mol. The average Bonchev–Trinajstić information content (AvgIpc) is 2.93. The molecular formula is C15H24N4O2. The van der Waals surface area contributed by atoms with Gasteiger partial charge in [-0.25, -0.2) is 0 Å². The van der Waals surface area contributed by atoms with Gasteiger partial charge in [-0.1, -0.05) is 0 Å². The van der Waals surface area contributed by atoms with Crippen LogP contribution in [0.5, 0.6) is 0 Å². The molecule has 2 aliphatic rings. The number of aromatic nitrogens is 2. The highest BCUT2D eigenvalue weighted by atomic mass is 16.3. The Morgan fingerprint density at radius 3 is 3.14 bits per heavy atom. The highest BCUT2D eigenvalue weighted by Gasteiger charge is 2.28. The topological polar surface area (TPSA) is 79.2 Å². The zero-order valence-corrected chi connectivity index (χ0v) is 12.3. The van der Waals surface area contributed by atoms with Gasteiger partial charge >= 0.3 is 0 Å². The number of hydrogen-bond donors (Lipinski definition) is 3. The van der Waals surface area contributed by atoms with E-state index in [0.717, 1.165) is 50.8 Å². The molecule has 1 unspecified atom stereocenters. The Kier molecular flexibility index (Phi) is 4.55. The van der Waals surface area contributed by atoms with Crippen LogP contribution in [-0.2, 0) is 17.8 Å². The molecule has 6 heteroatoms. The van der Waals surface area contributed by atoms with Gasteiger partial charge in [0.05, 0.1) is 31.3 Å². The van der Waals surface area contributed by atoms with Crippen molar-refractivity contribution in [1.82, 2.24) is 20.4 Å². The van der Waals surface area contributed by atoms with Crippen LogP contribution in [-0.4, -0.2) is 40.5 Å². The van der Waals surface area contributed by atoms with E-state index in [4.69, 9.17) is 5.11 Å². The Balaban J connectivity index is 1.68. The minimum atomic E-state index is 0.0793. The minimum absolute atomic E-state index is 0.0793. The lowest BCUT2D eigenvalue weighted by Gasteiger charge is -2.28. The van der Waals surface area contributed by atoms with Crippen molar-refractivity contribution in [3.63, 3.8) is 0 Å². The van der Waals surface area contributed by atoms with E-state index in [1.54, 1.807) is 0 Å². The second-order valence-electron chi connectivity index (χ2n) is 5.99. The van der Waals surface area contributed by atoms with E-state index in [1.807, 2.05) is 10.9 Å². The Morgan fingerprint density at radius 2 is 2.38 bits per heavy atom. The Labute approximate surface area is 124 Å². The number of aliphatic hydroxyl groups excluding tert-OH is 1. The second-order valence-corrected chi connectivity index (χ2v) is 5.99. The van der Waals surface area contributed by atoms with Gasteiger partial charge in [-0.05, 0) is 38.6 Å². The van der Waals surface area contributed by atoms with E-state index >= 15 is 0 Å². The predicted octanol–water partition coefficient (Wildman–Crippen LogP) is 0.369. The summed E-state index contributed by atoms with van der Waals surface area (Å²) in [6, 6.07) is 0.0793. The summed E-state index contributed by atoms with van der Waals surface area (Å²) in [4.78, 5) is 12.4. The summed E-state index contributed by atoms with van der Waals surface area (Å²) >= 11 is 0. The number of rotatable bonds is 4. The van der Waals surface area contributed by atoms with Gasteiger partial charge in [0.1, 0.15) is 0 Å². The lowest BCUT2D eigenvalue weighted by molar-refractivity contribution is -0.126. The molecule has 1 aliphatic carbocycles. The first-order chi connectivity index (χ1) is 10.3. The van der Waals surface area contributed by atoms with Crippen LogP contribution >= 0.6 is 0 Å². The maximum atomic E-state index is 12.4. The van der Waals surface area contributed by atoms with Crippen LogP contribution in [0.3, 0.4) is 0 Å². The van der Waals surface area contributed by atoms with E-state index < -0.39 is 0 Å². The first-order valence-corrected chi connectivity index (χ1v) is 7.96. The Bertz CT molecular complexity index is 494. The van der Waals surface area contributed by atoms with Crippen molar-refractivity contribution in [2.75, 3.05) is 19.7 Å². The van der Waals surface area contributed by atoms with Gasteiger partial charge in [0.2, 0.25) is 5.91 Å². The summed E-state index contributed by atoms with van der Waals surface area (Å²) in [7, 11) is 0. The highest BCUT2D eigenvalue weighted by Crippen LogP contribution is 2.30. The number of piperidine rings is 1. The minimum Gasteiger partial charge on any atom is -0.394 e. The van der Waals surface area contributed by atoms with E-state index in [0.29, 0.717) is 6.54 Å². The molecule has 1 aromatic rings. The first kappa shape index (κ1) is 14.5. The Hall–Kier alpha value is -1.40. The van der Waals surface area contributed by atoms with Crippen LogP contribution in [0.25, 0.3) is 0 Å². The normalized spacial score (nSPS) is 25.4. The van der Waals surface area contributed by atoms with Crippen LogP contribution in [0.1, 0.15) is 43.0 Å². The van der Waals surface area contributed by atoms with Gasteiger partial charge in [-0.15, -0.1) is 0 Å². The molecule has 0 aromatic carbocycles. The van der Waals surface area contributed by atoms with Crippen LogP contribution in [0.4, 0.5) is 0 Å². The molecule has 3 rings (SSSR count). The quantitative estimate of drug-likeness (QED) is 0.749. The van der Waals surface area contributed by atoms with Crippen LogP contribution in [0.15, 0.2) is 6.20 Å². The fraction of sp³-hybridized carbons (Fsp3) is 0.733. The molecule has 2 heterocycles. The predicted molar refractivity (Wildman–Crippen MR) is 78.7 cm³/mol. The molecule has 1 aliphatic heterocycles. The van der Waals surface area contributed by atoms with Gasteiger partial charge < -0.3 is 15.7 Å². The van der Waals surface area contributed by atoms with Gasteiger partial charge in [0.15, 0.2) is 0 Å². The van der Waals surface area contributed by atoms with Crippen molar-refractivity contribution >= 4 is 5.91 Å². The molecule has 0 bridgehead atoms. The van der Waals surface area contributed by atoms with Gasteiger partial charge in [-0.2, -0.15) is 5.10 Å². The van der Waals surface area contributed by atoms with Crippen molar-refractivity contribution in [3.05, 3.63) is 17.5 Å². The van der Waals surface area contributed by atoms with Crippen molar-refractivity contribution < 1.29 is 9.90 Å². The molecule has 0 saturated carbocycles. The molecule has 1 saturated heterocycles. The maximum absolute atomic E-state index is 12.4. The zero-order valence-electron chi connectivity index (χ0n) is 12.3. The van der Waals surface area contributed by atoms with Gasteiger partial charge in [0, 0.05) is 17.8 Å². The fourth-order valence-corrected chi connectivity index (χ4v) is 3.42. The number of hydrogen-bond acceptors (Lipinski definition) is 4. The largest absolute Gasteiger partial charge is 0.394 e. The fourth-order valence-electron chi connectivity index (χ4n) is 3.42. The van der Waals surface area contributed by atoms with Crippen LogP contribution in [0, 0.1) is 5.92 Å². The number of fused-ring (bicyclic) bond motifs is 1. The number of carbonyl (C=O) groups is 1. The van der Waals surface area contributed by atoms with Crippen molar-refractivity contribution in [3.8, 4) is 0 Å². The van der Waals surface area contributed by atoms with Crippen molar-refractivity contribution in [2.24, 2.45) is 5.92 Å². The molecular weight excluding hydrogens is 268 g/mol. The molecule has 21 heavy (non-hydrogen) atoms. The smallest absolute Gasteiger partial charge is 0.224 e. The number of carbonyl (C=O) groups excluding carboxylic acids is 1. The van der Waals surface area contributed by atoms with Gasteiger partial charge in [0.25, 0.3) is 0 Å². The third kappa shape index (κ3) is 3.11. The standard InChI is InChI=1S/C15H24N4O2/c20-8-7-19-14-5-1-4-13(12(14)10-17-19)18-15(21)11-3-2-6-16-9-11/h10-11,13,16,20H,1-9H2,(H,18,21)/t11-,13?/m1/s1. The van der Waals surface area contributed by atoms with E-state index in [1.165, 1.54) is 5.69 Å². The van der Waals surface area contributed by atoms with Crippen LogP contribution in [0.2, 0.25) is 0 Å². The third-order valence-corrected chi connectivity index (χ3v) is 4.56. The van der Waals surface area contributed by atoms with E-state index in [9.17, 15) is 4.79 Å². The zero-order chi connectivity index (χ0) is 14.7. The summed E-state index contributed by atoms with van der Waals surface area (Å²) < 4.78 is 1.87. The summed E-state index contributed by atoms with van der Waals surface area (Å²) in [5, 5.41) is 19.9. The molecule has 116 valence electrons. The molecule has 0 radical (unpaired) electrons. The second kappa shape index (κ2) is 6.58. The summed E-state index contributed by atoms with van der Waals surface area (Å²) in [5.41, 5.74) is 2.30. The average molecular weight is 292 g/mol. The number of nitrogens with zero attached hydrogens (tertiary/aromatic N) is 2. The molecule has 1 fully saturated rings. The highest BCUT2D eigenvalue weighted by molar-refractivity contribution is 5.79. The maximum Gasteiger partial charge on any atom is 0.224 e. The number of nitrogens with one attached hydrogen (secondary N) is 2. The van der Waals surface area contributed by atoms with E-state index in [-0.39, 0.29) is 24.5 Å². The summed E-state index contributed by atoms with van der Waals surface area (Å²) in [6.07, 6.45) is 6.91. The lowest BCUT2D eigenvalue weighted by atomic mass is 9.91. The molecule has 6 nitrogen and oxygen atoms in total. The lowest BCUT2D eigenvalue weighted by Crippen LogP contribution is -2.42. The summed E-state index contributed by atoms with van der Waals surface area (Å²) in [5.74, 6) is 0.256. The number of amides is 1. The van der Waals surface area contributed by atoms with Crippen molar-refractivity contribution in [2.45, 2.75) is 44.7 Å². The molecule has 2 atom stereocenters. The molecule has 1 aromatic heterocycles. The van der Waals surface area contributed by atoms with Crippen molar-refractivity contribution in [1.29, 1.82) is 0 Å². The Morgan fingerprint density at radius 1 is 1.48 bits per heavy atom. The summed E-state index contributed by atoms with van der Waals surface area (Å²) in [6.45, 7) is 2.43. The SMILES string of the molecule is O=C(NC1CCCc2c1cnn2CCO)[C@@H]1CCCNC1. The molecule has 0 spiro atoms. The third-order valence-electron chi connectivity index (χ3n) is 4.56. The van der Waals surface area contributed by atoms with Crippen LogP contribution < -0.4 is 10.6 Å². The number of aliphatic hydroxyl groups is 1. The molecule has 3 N–H and O–H groups in total. The van der Waals surface area contributed by atoms with Gasteiger partial charge in [-0.3, -0.25) is 9.48 Å². The first-order valence-electron chi connectivity index (χ1n) is 7.96. The van der Waals surface area contributed by atoms with E-state index in [2.05, 4.69) is 15.7 Å².